The Morgan fingerprint density at radius 1 is 0.690 bits per heavy atom. The van der Waals surface area contributed by atoms with Crippen LogP contribution in [0.2, 0.25) is 0 Å². The highest BCUT2D eigenvalue weighted by atomic mass is 16.1. The first-order valence-electron chi connectivity index (χ1n) is 9.48. The number of hydrogen-bond acceptors (Lipinski definition) is 3. The molecular weight excluding hydrogens is 358 g/mol. The summed E-state index contributed by atoms with van der Waals surface area (Å²) in [6.45, 7) is 4.10. The molecule has 0 atom stereocenters. The largest absolute Gasteiger partial charge is 0.290 e. The third kappa shape index (κ3) is 4.38. The third-order valence-electron chi connectivity index (χ3n) is 4.68. The lowest BCUT2D eigenvalue weighted by Gasteiger charge is -2.10. The molecule has 1 aromatic heterocycles. The van der Waals surface area contributed by atoms with Gasteiger partial charge in [-0.25, -0.2) is 9.97 Å². The van der Waals surface area contributed by atoms with E-state index in [4.69, 9.17) is 0 Å². The summed E-state index contributed by atoms with van der Waals surface area (Å²) in [5.41, 5.74) is 6.40. The smallest absolute Gasteiger partial charge is 0.258 e. The molecule has 0 saturated carbocycles. The van der Waals surface area contributed by atoms with Crippen LogP contribution in [0.25, 0.3) is 22.5 Å². The molecule has 1 amide bonds. The van der Waals surface area contributed by atoms with Gasteiger partial charge in [0.1, 0.15) is 0 Å². The molecule has 0 bridgehead atoms. The van der Waals surface area contributed by atoms with E-state index in [1.807, 2.05) is 86.6 Å². The molecule has 0 unspecified atom stereocenters. The number of benzene rings is 3. The molecule has 4 heteroatoms. The van der Waals surface area contributed by atoms with E-state index in [-0.39, 0.29) is 11.9 Å². The van der Waals surface area contributed by atoms with Crippen LogP contribution in [0.3, 0.4) is 0 Å². The summed E-state index contributed by atoms with van der Waals surface area (Å²) in [6, 6.07) is 27.3. The normalized spacial score (nSPS) is 10.6. The van der Waals surface area contributed by atoms with Gasteiger partial charge in [-0.1, -0.05) is 77.9 Å². The lowest BCUT2D eigenvalue weighted by molar-refractivity contribution is 0.102. The number of nitrogens with one attached hydrogen (secondary N) is 1. The van der Waals surface area contributed by atoms with Crippen LogP contribution < -0.4 is 5.32 Å². The minimum atomic E-state index is -0.235. The monoisotopic (exact) mass is 379 g/mol. The van der Waals surface area contributed by atoms with Crippen molar-refractivity contribution in [3.8, 4) is 22.5 Å². The number of aromatic nitrogens is 2. The topological polar surface area (TPSA) is 54.9 Å². The predicted octanol–water partition coefficient (Wildman–Crippen LogP) is 5.68. The van der Waals surface area contributed by atoms with E-state index in [1.54, 1.807) is 12.1 Å². The fourth-order valence-corrected chi connectivity index (χ4v) is 3.01. The van der Waals surface area contributed by atoms with E-state index in [9.17, 15) is 4.79 Å². The van der Waals surface area contributed by atoms with Gasteiger partial charge >= 0.3 is 0 Å². The minimum absolute atomic E-state index is 0.235. The van der Waals surface area contributed by atoms with E-state index in [2.05, 4.69) is 15.3 Å². The number of nitrogens with zero attached hydrogens (tertiary/aromatic N) is 2. The minimum Gasteiger partial charge on any atom is -0.290 e. The van der Waals surface area contributed by atoms with Crippen molar-refractivity contribution in [1.82, 2.24) is 9.97 Å². The Labute approximate surface area is 170 Å². The fraction of sp³-hybridized carbons (Fsp3) is 0.0800. The number of rotatable bonds is 4. The lowest BCUT2D eigenvalue weighted by Crippen LogP contribution is -2.14. The van der Waals surface area contributed by atoms with Crippen molar-refractivity contribution in [2.45, 2.75) is 13.8 Å². The quantitative estimate of drug-likeness (QED) is 0.496. The predicted molar refractivity (Wildman–Crippen MR) is 117 cm³/mol. The van der Waals surface area contributed by atoms with E-state index in [0.29, 0.717) is 5.56 Å². The maximum absolute atomic E-state index is 12.6. The molecule has 142 valence electrons. The average Bonchev–Trinajstić information content (AvgIpc) is 2.75. The Hall–Kier alpha value is -3.79. The molecule has 0 aliphatic heterocycles. The van der Waals surface area contributed by atoms with Gasteiger partial charge in [-0.15, -0.1) is 0 Å². The van der Waals surface area contributed by atoms with Gasteiger partial charge in [-0.3, -0.25) is 10.1 Å². The molecule has 29 heavy (non-hydrogen) atoms. The van der Waals surface area contributed by atoms with Crippen LogP contribution in [-0.2, 0) is 0 Å². The van der Waals surface area contributed by atoms with Crippen LogP contribution in [0, 0.1) is 13.8 Å². The highest BCUT2D eigenvalue weighted by Gasteiger charge is 2.12. The Morgan fingerprint density at radius 2 is 1.17 bits per heavy atom. The Balaban J connectivity index is 1.76. The molecule has 0 radical (unpaired) electrons. The van der Waals surface area contributed by atoms with Crippen molar-refractivity contribution >= 4 is 11.9 Å². The number of amides is 1. The summed E-state index contributed by atoms with van der Waals surface area (Å²) < 4.78 is 0. The van der Waals surface area contributed by atoms with Crippen LogP contribution in [0.1, 0.15) is 21.5 Å². The first-order valence-corrected chi connectivity index (χ1v) is 9.48. The van der Waals surface area contributed by atoms with Crippen molar-refractivity contribution in [2.75, 3.05) is 5.32 Å². The Morgan fingerprint density at radius 3 is 1.66 bits per heavy atom. The zero-order valence-corrected chi connectivity index (χ0v) is 16.4. The molecule has 0 saturated heterocycles. The molecule has 4 nitrogen and oxygen atoms in total. The molecule has 0 spiro atoms. The SMILES string of the molecule is Cc1ccc(-c2cc(-c3ccc(C)cc3)nc(NC(=O)c3ccccc3)n2)cc1. The molecule has 4 rings (SSSR count). The number of hydrogen-bond donors (Lipinski definition) is 1. The zero-order chi connectivity index (χ0) is 20.2. The number of carbonyl (C=O) groups is 1. The highest BCUT2D eigenvalue weighted by Crippen LogP contribution is 2.26. The van der Waals surface area contributed by atoms with Crippen molar-refractivity contribution < 1.29 is 4.79 Å². The maximum atomic E-state index is 12.6. The van der Waals surface area contributed by atoms with E-state index in [1.165, 1.54) is 11.1 Å². The van der Waals surface area contributed by atoms with Gasteiger partial charge < -0.3 is 0 Å². The molecule has 1 N–H and O–H groups in total. The van der Waals surface area contributed by atoms with Crippen LogP contribution in [0.15, 0.2) is 84.9 Å². The van der Waals surface area contributed by atoms with Crippen LogP contribution in [0.4, 0.5) is 5.95 Å². The van der Waals surface area contributed by atoms with Crippen LogP contribution >= 0.6 is 0 Å². The summed E-state index contributed by atoms with van der Waals surface area (Å²) in [6.07, 6.45) is 0. The highest BCUT2D eigenvalue weighted by molar-refractivity contribution is 6.03. The first-order chi connectivity index (χ1) is 14.1. The standard InChI is InChI=1S/C25H21N3O/c1-17-8-12-19(13-9-17)22-16-23(20-14-10-18(2)11-15-20)27-25(26-22)28-24(29)21-6-4-3-5-7-21/h3-16H,1-2H3,(H,26,27,28,29). The van der Waals surface area contributed by atoms with Crippen molar-refractivity contribution in [1.29, 1.82) is 0 Å². The molecule has 0 fully saturated rings. The first kappa shape index (κ1) is 18.6. The lowest BCUT2D eigenvalue weighted by atomic mass is 10.1. The van der Waals surface area contributed by atoms with E-state index >= 15 is 0 Å². The zero-order valence-electron chi connectivity index (χ0n) is 16.4. The summed E-state index contributed by atoms with van der Waals surface area (Å²) in [5.74, 6) is 0.0500. The molecular formula is C25H21N3O. The van der Waals surface area contributed by atoms with Crippen molar-refractivity contribution in [2.24, 2.45) is 0 Å². The second-order valence-corrected chi connectivity index (χ2v) is 7.01. The van der Waals surface area contributed by atoms with Gasteiger partial charge in [0.25, 0.3) is 5.91 Å². The van der Waals surface area contributed by atoms with Gasteiger partial charge in [0.2, 0.25) is 5.95 Å². The van der Waals surface area contributed by atoms with Crippen molar-refractivity contribution in [3.63, 3.8) is 0 Å². The molecule has 1 heterocycles. The number of carbonyl (C=O) groups excluding carboxylic acids is 1. The van der Waals surface area contributed by atoms with Crippen LogP contribution in [-0.4, -0.2) is 15.9 Å². The van der Waals surface area contributed by atoms with Crippen LogP contribution in [0.5, 0.6) is 0 Å². The Bertz CT molecular complexity index is 1070. The van der Waals surface area contributed by atoms with Gasteiger partial charge in [-0.2, -0.15) is 0 Å². The molecule has 4 aromatic rings. The number of aryl methyl sites for hydroxylation is 2. The Kier molecular flexibility index (Phi) is 5.16. The summed E-state index contributed by atoms with van der Waals surface area (Å²) in [5, 5.41) is 2.84. The molecule has 0 aliphatic rings. The second kappa shape index (κ2) is 8.07. The van der Waals surface area contributed by atoms with Gasteiger partial charge in [0.15, 0.2) is 0 Å². The second-order valence-electron chi connectivity index (χ2n) is 7.01. The third-order valence-corrected chi connectivity index (χ3v) is 4.68. The van der Waals surface area contributed by atoms with Gasteiger partial charge in [0, 0.05) is 16.7 Å². The summed E-state index contributed by atoms with van der Waals surface area (Å²) >= 11 is 0. The van der Waals surface area contributed by atoms with E-state index < -0.39 is 0 Å². The number of anilines is 1. The van der Waals surface area contributed by atoms with Gasteiger partial charge in [-0.05, 0) is 32.0 Å². The summed E-state index contributed by atoms with van der Waals surface area (Å²) in [7, 11) is 0. The average molecular weight is 379 g/mol. The van der Waals surface area contributed by atoms with Crippen molar-refractivity contribution in [3.05, 3.63) is 102 Å². The summed E-state index contributed by atoms with van der Waals surface area (Å²) in [4.78, 5) is 21.8. The van der Waals surface area contributed by atoms with Gasteiger partial charge in [0.05, 0.1) is 11.4 Å². The van der Waals surface area contributed by atoms with E-state index in [0.717, 1.165) is 22.5 Å². The molecule has 3 aromatic carbocycles. The maximum Gasteiger partial charge on any atom is 0.258 e. The fourth-order valence-electron chi connectivity index (χ4n) is 3.01. The molecule has 0 aliphatic carbocycles.